The van der Waals surface area contributed by atoms with Crippen LogP contribution in [-0.2, 0) is 21.7 Å². The highest BCUT2D eigenvalue weighted by molar-refractivity contribution is 7.92. The lowest BCUT2D eigenvalue weighted by molar-refractivity contribution is -0.137. The maximum atomic E-state index is 13.4. The van der Waals surface area contributed by atoms with Crippen LogP contribution in [0.15, 0.2) is 29.2 Å². The predicted octanol–water partition coefficient (Wildman–Crippen LogP) is 4.95. The molecule has 0 bridgehead atoms. The smallest absolute Gasteiger partial charge is 0.347 e. The fourth-order valence-electron chi connectivity index (χ4n) is 3.61. The molecule has 1 atom stereocenters. The minimum absolute atomic E-state index is 0.328. The Bertz CT molecular complexity index is 1040. The maximum absolute atomic E-state index is 13.4. The Balaban J connectivity index is 1.77. The van der Waals surface area contributed by atoms with Gasteiger partial charge in [0.2, 0.25) is 5.13 Å². The largest absolute Gasteiger partial charge is 0.416 e. The highest BCUT2D eigenvalue weighted by Gasteiger charge is 2.45. The number of alkyl halides is 5. The highest BCUT2D eigenvalue weighted by Crippen LogP contribution is 2.42. The third-order valence-corrected chi connectivity index (χ3v) is 9.76. The summed E-state index contributed by atoms with van der Waals surface area (Å²) in [4.78, 5) is 1.40. The summed E-state index contributed by atoms with van der Waals surface area (Å²) in [5.41, 5.74) is -4.19. The van der Waals surface area contributed by atoms with E-state index < -0.39 is 37.0 Å². The van der Waals surface area contributed by atoms with Crippen LogP contribution in [0.3, 0.4) is 0 Å². The van der Waals surface area contributed by atoms with Gasteiger partial charge in [-0.3, -0.25) is 0 Å². The monoisotopic (exact) mass is 501 g/mol. The number of nitrogens with zero attached hydrogens (tertiary/aromatic N) is 3. The lowest BCUT2D eigenvalue weighted by Crippen LogP contribution is -2.46. The van der Waals surface area contributed by atoms with Crippen molar-refractivity contribution in [3.63, 3.8) is 0 Å². The van der Waals surface area contributed by atoms with Gasteiger partial charge in [-0.25, -0.2) is 8.42 Å². The van der Waals surface area contributed by atoms with Crippen LogP contribution < -0.4 is 4.90 Å². The summed E-state index contributed by atoms with van der Waals surface area (Å²) in [5.74, 6) is -0.334. The van der Waals surface area contributed by atoms with E-state index in [-0.39, 0.29) is 10.8 Å². The molecule has 0 spiro atoms. The van der Waals surface area contributed by atoms with Crippen LogP contribution in [0.25, 0.3) is 0 Å². The van der Waals surface area contributed by atoms with Crippen molar-refractivity contribution in [3.8, 4) is 0 Å². The fourth-order valence-corrected chi connectivity index (χ4v) is 6.45. The van der Waals surface area contributed by atoms with E-state index in [1.165, 1.54) is 29.2 Å². The Morgan fingerprint density at radius 2 is 1.71 bits per heavy atom. The van der Waals surface area contributed by atoms with E-state index in [0.717, 1.165) is 23.5 Å². The van der Waals surface area contributed by atoms with Gasteiger partial charge in [-0.2, -0.15) is 22.0 Å². The molecule has 13 heteroatoms. The van der Waals surface area contributed by atoms with Crippen molar-refractivity contribution in [2.24, 2.45) is 5.92 Å². The first-order valence-electron chi connectivity index (χ1n) is 9.31. The molecule has 1 aliphatic heterocycles. The molecule has 1 aliphatic rings. The number of piperidine rings is 1. The van der Waals surface area contributed by atoms with E-state index in [1.807, 2.05) is 0 Å². The summed E-state index contributed by atoms with van der Waals surface area (Å²) in [6.45, 7) is 3.79. The number of aromatic nitrogens is 2. The number of benzene rings is 1. The molecule has 1 aromatic heterocycles. The van der Waals surface area contributed by atoms with Crippen molar-refractivity contribution in [1.82, 2.24) is 10.2 Å². The van der Waals surface area contributed by atoms with Crippen LogP contribution in [0.5, 0.6) is 0 Å². The molecule has 172 valence electrons. The first-order chi connectivity index (χ1) is 14.1. The molecule has 2 heterocycles. The number of anilines is 1. The van der Waals surface area contributed by atoms with Crippen molar-refractivity contribution in [1.29, 1.82) is 0 Å². The highest BCUT2D eigenvalue weighted by atomic mass is 32.2. The van der Waals surface area contributed by atoms with Gasteiger partial charge in [0, 0.05) is 13.1 Å². The summed E-state index contributed by atoms with van der Waals surface area (Å²) in [6.07, 6.45) is -3.82. The van der Waals surface area contributed by atoms with Crippen LogP contribution in [0, 0.1) is 5.92 Å². The van der Waals surface area contributed by atoms with Gasteiger partial charge in [0.1, 0.15) is 0 Å². The molecule has 1 fully saturated rings. The molecule has 0 saturated carbocycles. The van der Waals surface area contributed by atoms with E-state index >= 15 is 0 Å². The van der Waals surface area contributed by atoms with Crippen LogP contribution in [0.4, 0.5) is 27.1 Å². The summed E-state index contributed by atoms with van der Waals surface area (Å²) in [6, 6.07) is 3.76. The number of sulfone groups is 1. The normalized spacial score (nSPS) is 17.2. The Hall–Kier alpha value is -1.39. The van der Waals surface area contributed by atoms with Gasteiger partial charge in [0.25, 0.3) is 0 Å². The van der Waals surface area contributed by atoms with E-state index in [4.69, 9.17) is 0 Å². The number of halogens is 5. The molecule has 0 radical (unpaired) electrons. The first-order valence-corrected chi connectivity index (χ1v) is 12.2. The van der Waals surface area contributed by atoms with Gasteiger partial charge in [0.15, 0.2) is 14.8 Å². The van der Waals surface area contributed by atoms with Crippen molar-refractivity contribution in [3.05, 3.63) is 34.8 Å². The second-order valence-electron chi connectivity index (χ2n) is 7.91. The predicted molar refractivity (Wildman–Crippen MR) is 111 cm³/mol. The van der Waals surface area contributed by atoms with E-state index in [9.17, 15) is 30.4 Å². The standard InChI is InChI=1S/C18H21F5N3O2PS2/c1-16(2,31(27,28)13-5-3-4-12(10-13)17(19,20)21)11-6-8-26(9-7-11)15-25-24-14(30-15)18(22,23)29/h3-5,10-11H,6-9,29H2,1-2H3. The fraction of sp³-hybridized carbons (Fsp3) is 0.556. The van der Waals surface area contributed by atoms with Crippen LogP contribution in [0.1, 0.15) is 37.3 Å². The minimum Gasteiger partial charge on any atom is -0.347 e. The van der Waals surface area contributed by atoms with Crippen LogP contribution in [0.2, 0.25) is 0 Å². The van der Waals surface area contributed by atoms with Gasteiger partial charge in [0.05, 0.1) is 15.2 Å². The molecule has 0 amide bonds. The second-order valence-corrected chi connectivity index (χ2v) is 12.1. The molecule has 2 aromatic rings. The molecule has 1 saturated heterocycles. The van der Waals surface area contributed by atoms with Gasteiger partial charge < -0.3 is 4.90 Å². The minimum atomic E-state index is -4.64. The van der Waals surface area contributed by atoms with E-state index in [1.54, 1.807) is 4.90 Å². The average molecular weight is 501 g/mol. The summed E-state index contributed by atoms with van der Waals surface area (Å²) in [7, 11) is -2.66. The third-order valence-electron chi connectivity index (χ3n) is 5.61. The molecule has 3 rings (SSSR count). The summed E-state index contributed by atoms with van der Waals surface area (Å²) in [5, 5.41) is 7.20. The maximum Gasteiger partial charge on any atom is 0.416 e. The Morgan fingerprint density at radius 3 is 2.23 bits per heavy atom. The van der Waals surface area contributed by atoms with Gasteiger partial charge in [-0.1, -0.05) is 26.6 Å². The van der Waals surface area contributed by atoms with Crippen molar-refractivity contribution >= 4 is 35.5 Å². The number of hydrogen-bond acceptors (Lipinski definition) is 6. The zero-order chi connectivity index (χ0) is 23.2. The number of rotatable bonds is 5. The Morgan fingerprint density at radius 1 is 1.10 bits per heavy atom. The van der Waals surface area contributed by atoms with Gasteiger partial charge >= 0.3 is 11.8 Å². The first kappa shape index (κ1) is 24.3. The molecule has 1 aromatic carbocycles. The van der Waals surface area contributed by atoms with Crippen LogP contribution >= 0.6 is 20.6 Å². The lowest BCUT2D eigenvalue weighted by atomic mass is 9.86. The molecule has 31 heavy (non-hydrogen) atoms. The van der Waals surface area contributed by atoms with Gasteiger partial charge in [-0.05, 0) is 50.8 Å². The Kier molecular flexibility index (Phi) is 6.41. The molecule has 0 N–H and O–H groups in total. The summed E-state index contributed by atoms with van der Waals surface area (Å²) < 4.78 is 90.9. The third kappa shape index (κ3) is 4.85. The Labute approximate surface area is 183 Å². The molecular formula is C18H21F5N3O2PS2. The lowest BCUT2D eigenvalue weighted by Gasteiger charge is -2.40. The molecule has 5 nitrogen and oxygen atoms in total. The van der Waals surface area contributed by atoms with Crippen molar-refractivity contribution in [2.45, 2.75) is 48.2 Å². The van der Waals surface area contributed by atoms with E-state index in [0.29, 0.717) is 37.1 Å². The zero-order valence-electron chi connectivity index (χ0n) is 16.7. The van der Waals surface area contributed by atoms with E-state index in [2.05, 4.69) is 10.2 Å². The molecule has 1 unspecified atom stereocenters. The quantitative estimate of drug-likeness (QED) is 0.429. The molecule has 0 aliphatic carbocycles. The van der Waals surface area contributed by atoms with Crippen LogP contribution in [-0.4, -0.2) is 36.5 Å². The van der Waals surface area contributed by atoms with Crippen molar-refractivity contribution < 1.29 is 30.4 Å². The average Bonchev–Trinajstić information content (AvgIpc) is 3.18. The number of hydrogen-bond donors (Lipinski definition) is 0. The summed E-state index contributed by atoms with van der Waals surface area (Å²) >= 11 is 0.769. The second kappa shape index (κ2) is 8.19. The SMILES string of the molecule is CC(C)(C1CCN(c2nnc(C(F)(F)P)s2)CC1)S(=O)(=O)c1cccc(C(F)(F)F)c1. The van der Waals surface area contributed by atoms with Gasteiger partial charge in [-0.15, -0.1) is 10.2 Å². The zero-order valence-corrected chi connectivity index (χ0v) is 19.4. The topological polar surface area (TPSA) is 63.2 Å². The molecular weight excluding hydrogens is 480 g/mol. The van der Waals surface area contributed by atoms with Crippen molar-refractivity contribution in [2.75, 3.05) is 18.0 Å².